The van der Waals surface area contributed by atoms with Gasteiger partial charge >= 0.3 is 0 Å². The summed E-state index contributed by atoms with van der Waals surface area (Å²) in [5.41, 5.74) is 1.88. The zero-order valence-corrected chi connectivity index (χ0v) is 15.0. The summed E-state index contributed by atoms with van der Waals surface area (Å²) < 4.78 is 29.1. The van der Waals surface area contributed by atoms with Crippen LogP contribution in [0.15, 0.2) is 59.5 Å². The van der Waals surface area contributed by atoms with Crippen molar-refractivity contribution in [2.24, 2.45) is 0 Å². The van der Waals surface area contributed by atoms with Crippen LogP contribution in [0.1, 0.15) is 12.5 Å². The number of rotatable bonds is 6. The zero-order valence-electron chi connectivity index (χ0n) is 14.2. The smallest absolute Gasteiger partial charge is 0.178 e. The molecule has 0 amide bonds. The van der Waals surface area contributed by atoms with Crippen LogP contribution in [0.25, 0.3) is 10.9 Å². The van der Waals surface area contributed by atoms with E-state index in [1.54, 1.807) is 32.2 Å². The second-order valence-electron chi connectivity index (χ2n) is 5.66. The number of pyridine rings is 1. The number of hydrogen-bond donors (Lipinski definition) is 1. The number of anilines is 1. The van der Waals surface area contributed by atoms with Crippen molar-refractivity contribution in [2.45, 2.75) is 18.4 Å². The number of benzene rings is 2. The van der Waals surface area contributed by atoms with Crippen molar-refractivity contribution in [3.8, 4) is 5.75 Å². The highest BCUT2D eigenvalue weighted by Crippen LogP contribution is 2.21. The van der Waals surface area contributed by atoms with Crippen LogP contribution in [-0.2, 0) is 16.4 Å². The predicted octanol–water partition coefficient (Wildman–Crippen LogP) is 3.65. The number of sulfone groups is 1. The first-order valence-corrected chi connectivity index (χ1v) is 9.67. The summed E-state index contributed by atoms with van der Waals surface area (Å²) in [7, 11) is -1.56. The number of nitrogens with one attached hydrogen (secondary N) is 1. The Bertz CT molecular complexity index is 983. The zero-order chi connectivity index (χ0) is 17.9. The Labute approximate surface area is 147 Å². The van der Waals surface area contributed by atoms with Crippen molar-refractivity contribution >= 4 is 26.6 Å². The van der Waals surface area contributed by atoms with E-state index in [1.807, 2.05) is 36.4 Å². The third-order valence-electron chi connectivity index (χ3n) is 4.03. The SMILES string of the molecule is CCS(=O)(=O)c1ccc2nc(NCc3ccc(OC)cc3)ccc2c1. The van der Waals surface area contributed by atoms with Crippen LogP contribution in [0.3, 0.4) is 0 Å². The standard InChI is InChI=1S/C19H20N2O3S/c1-3-25(22,23)17-9-10-18-15(12-17)6-11-19(21-18)20-13-14-4-7-16(24-2)8-5-14/h4-12H,3,13H2,1-2H3,(H,20,21). The number of ether oxygens (including phenoxy) is 1. The molecule has 130 valence electrons. The lowest BCUT2D eigenvalue weighted by atomic mass is 10.2. The summed E-state index contributed by atoms with van der Waals surface area (Å²) >= 11 is 0. The molecule has 3 rings (SSSR count). The van der Waals surface area contributed by atoms with Crippen LogP contribution >= 0.6 is 0 Å². The molecule has 0 fully saturated rings. The summed E-state index contributed by atoms with van der Waals surface area (Å²) in [5.74, 6) is 1.66. The van der Waals surface area contributed by atoms with Crippen molar-refractivity contribution in [3.63, 3.8) is 0 Å². The number of nitrogens with zero attached hydrogens (tertiary/aromatic N) is 1. The second-order valence-corrected chi connectivity index (χ2v) is 7.93. The van der Waals surface area contributed by atoms with Gasteiger partial charge in [-0.2, -0.15) is 0 Å². The molecule has 5 nitrogen and oxygen atoms in total. The van der Waals surface area contributed by atoms with Crippen molar-refractivity contribution in [1.29, 1.82) is 0 Å². The quantitative estimate of drug-likeness (QED) is 0.730. The third-order valence-corrected chi connectivity index (χ3v) is 5.76. The molecule has 0 atom stereocenters. The summed E-state index contributed by atoms with van der Waals surface area (Å²) in [4.78, 5) is 4.88. The van der Waals surface area contributed by atoms with Crippen molar-refractivity contribution in [1.82, 2.24) is 4.98 Å². The van der Waals surface area contributed by atoms with Gasteiger partial charge in [0.2, 0.25) is 0 Å². The molecule has 2 aromatic carbocycles. The van der Waals surface area contributed by atoms with E-state index in [4.69, 9.17) is 4.74 Å². The molecule has 6 heteroatoms. The molecule has 1 aromatic heterocycles. The molecule has 0 aliphatic carbocycles. The fraction of sp³-hybridized carbons (Fsp3) is 0.211. The molecule has 0 radical (unpaired) electrons. The highest BCUT2D eigenvalue weighted by atomic mass is 32.2. The van der Waals surface area contributed by atoms with Gasteiger partial charge in [0.15, 0.2) is 9.84 Å². The lowest BCUT2D eigenvalue weighted by Gasteiger charge is -2.08. The van der Waals surface area contributed by atoms with E-state index in [1.165, 1.54) is 0 Å². The summed E-state index contributed by atoms with van der Waals surface area (Å²) in [6.45, 7) is 2.29. The van der Waals surface area contributed by atoms with Crippen molar-refractivity contribution in [2.75, 3.05) is 18.2 Å². The van der Waals surface area contributed by atoms with Crippen LogP contribution in [0, 0.1) is 0 Å². The van der Waals surface area contributed by atoms with Crippen molar-refractivity contribution in [3.05, 3.63) is 60.2 Å². The maximum absolute atomic E-state index is 12.0. The summed E-state index contributed by atoms with van der Waals surface area (Å²) in [6.07, 6.45) is 0. The fourth-order valence-corrected chi connectivity index (χ4v) is 3.41. The highest BCUT2D eigenvalue weighted by molar-refractivity contribution is 7.91. The number of aromatic nitrogens is 1. The molecule has 1 N–H and O–H groups in total. The van der Waals surface area contributed by atoms with Gasteiger partial charge in [0, 0.05) is 11.9 Å². The molecule has 0 saturated heterocycles. The van der Waals surface area contributed by atoms with Gasteiger partial charge in [0.05, 0.1) is 23.3 Å². The van der Waals surface area contributed by atoms with E-state index in [0.717, 1.165) is 28.0 Å². The van der Waals surface area contributed by atoms with E-state index >= 15 is 0 Å². The fourth-order valence-electron chi connectivity index (χ4n) is 2.50. The van der Waals surface area contributed by atoms with Crippen LogP contribution < -0.4 is 10.1 Å². The second kappa shape index (κ2) is 7.11. The molecule has 0 aliphatic heterocycles. The summed E-state index contributed by atoms with van der Waals surface area (Å²) in [6, 6.07) is 16.6. The topological polar surface area (TPSA) is 68.3 Å². The Morgan fingerprint density at radius 3 is 2.48 bits per heavy atom. The lowest BCUT2D eigenvalue weighted by Crippen LogP contribution is -2.04. The van der Waals surface area contributed by atoms with Crippen molar-refractivity contribution < 1.29 is 13.2 Å². The van der Waals surface area contributed by atoms with Gasteiger partial charge in [-0.3, -0.25) is 0 Å². The van der Waals surface area contributed by atoms with Gasteiger partial charge < -0.3 is 10.1 Å². The van der Waals surface area contributed by atoms with Crippen LogP contribution in [0.5, 0.6) is 5.75 Å². The molecule has 1 heterocycles. The number of fused-ring (bicyclic) bond motifs is 1. The molecule has 0 unspecified atom stereocenters. The van der Waals surface area contributed by atoms with Gasteiger partial charge in [0.1, 0.15) is 11.6 Å². The minimum absolute atomic E-state index is 0.0907. The maximum atomic E-state index is 12.0. The molecule has 25 heavy (non-hydrogen) atoms. The first-order valence-electron chi connectivity index (χ1n) is 8.02. The highest BCUT2D eigenvalue weighted by Gasteiger charge is 2.12. The molecular weight excluding hydrogens is 336 g/mol. The van der Waals surface area contributed by atoms with E-state index < -0.39 is 9.84 Å². The molecule has 0 aliphatic rings. The van der Waals surface area contributed by atoms with Gasteiger partial charge in [-0.1, -0.05) is 19.1 Å². The van der Waals surface area contributed by atoms with Crippen LogP contribution in [0.2, 0.25) is 0 Å². The van der Waals surface area contributed by atoms with Gasteiger partial charge in [-0.05, 0) is 48.0 Å². The first kappa shape index (κ1) is 17.2. The molecule has 0 spiro atoms. The third kappa shape index (κ3) is 3.91. The molecule has 0 bridgehead atoms. The van der Waals surface area contributed by atoms with Gasteiger partial charge in [-0.25, -0.2) is 13.4 Å². The van der Waals surface area contributed by atoms with Crippen LogP contribution in [0.4, 0.5) is 5.82 Å². The minimum atomic E-state index is -3.21. The lowest BCUT2D eigenvalue weighted by molar-refractivity contribution is 0.414. The van der Waals surface area contributed by atoms with E-state index in [-0.39, 0.29) is 5.75 Å². The van der Waals surface area contributed by atoms with Gasteiger partial charge in [-0.15, -0.1) is 0 Å². The Morgan fingerprint density at radius 1 is 1.04 bits per heavy atom. The maximum Gasteiger partial charge on any atom is 0.178 e. The predicted molar refractivity (Wildman–Crippen MR) is 99.8 cm³/mol. The molecule has 0 saturated carbocycles. The minimum Gasteiger partial charge on any atom is -0.497 e. The number of methoxy groups -OCH3 is 1. The average molecular weight is 356 g/mol. The number of hydrogen-bond acceptors (Lipinski definition) is 5. The first-order chi connectivity index (χ1) is 12.0. The molecule has 3 aromatic rings. The Hall–Kier alpha value is -2.60. The average Bonchev–Trinajstić information content (AvgIpc) is 2.66. The van der Waals surface area contributed by atoms with E-state index in [0.29, 0.717) is 11.4 Å². The summed E-state index contributed by atoms with van der Waals surface area (Å²) in [5, 5.41) is 4.09. The Balaban J connectivity index is 1.78. The Kier molecular flexibility index (Phi) is 4.90. The van der Waals surface area contributed by atoms with Gasteiger partial charge in [0.25, 0.3) is 0 Å². The largest absolute Gasteiger partial charge is 0.497 e. The Morgan fingerprint density at radius 2 is 1.80 bits per heavy atom. The molecular formula is C19H20N2O3S. The van der Waals surface area contributed by atoms with E-state index in [2.05, 4.69) is 10.3 Å². The normalized spacial score (nSPS) is 11.4. The van der Waals surface area contributed by atoms with Crippen LogP contribution in [-0.4, -0.2) is 26.3 Å². The van der Waals surface area contributed by atoms with E-state index in [9.17, 15) is 8.42 Å². The monoisotopic (exact) mass is 356 g/mol.